The molecule has 28 heavy (non-hydrogen) atoms. The van der Waals surface area contributed by atoms with E-state index in [1.54, 1.807) is 11.3 Å². The molecule has 3 heterocycles. The minimum Gasteiger partial charge on any atom is -0.449 e. The molecular weight excluding hydrogens is 364 g/mol. The van der Waals surface area contributed by atoms with Crippen molar-refractivity contribution in [3.8, 4) is 22.8 Å². The Morgan fingerprint density at radius 3 is 2.82 bits per heavy atom. The van der Waals surface area contributed by atoms with Gasteiger partial charge in [-0.2, -0.15) is 4.57 Å². The number of pyridine rings is 1. The second-order valence-corrected chi connectivity index (χ2v) is 9.39. The SMILES string of the molecule is [C-]#[N+]C(C)(C)Cc1cc2c3c([n+](C)cc2s1)-c1c(C)ccc2cccc(c12)O3. The molecule has 0 saturated heterocycles. The molecule has 138 valence electrons. The van der Waals surface area contributed by atoms with E-state index in [1.165, 1.54) is 31.5 Å². The predicted molar refractivity (Wildman–Crippen MR) is 115 cm³/mol. The van der Waals surface area contributed by atoms with Crippen LogP contribution in [-0.4, -0.2) is 5.54 Å². The Hall–Kier alpha value is -2.90. The summed E-state index contributed by atoms with van der Waals surface area (Å²) in [6.45, 7) is 13.6. The number of hydrogen-bond acceptors (Lipinski definition) is 2. The Morgan fingerprint density at radius 1 is 1.21 bits per heavy atom. The van der Waals surface area contributed by atoms with Gasteiger partial charge in [-0.15, -0.1) is 11.3 Å². The fraction of sp³-hybridized carbons (Fsp3) is 0.250. The Balaban J connectivity index is 1.81. The number of aromatic nitrogens is 1. The average Bonchev–Trinajstić information content (AvgIpc) is 3.05. The van der Waals surface area contributed by atoms with Crippen LogP contribution < -0.4 is 9.30 Å². The molecule has 0 N–H and O–H groups in total. The lowest BCUT2D eigenvalue weighted by Crippen LogP contribution is -2.32. The fourth-order valence-electron chi connectivity index (χ4n) is 4.16. The van der Waals surface area contributed by atoms with Gasteiger partial charge in [0.05, 0.1) is 12.0 Å². The molecule has 0 amide bonds. The van der Waals surface area contributed by atoms with Crippen molar-refractivity contribution in [3.05, 3.63) is 64.5 Å². The summed E-state index contributed by atoms with van der Waals surface area (Å²) in [6, 6.07) is 12.8. The van der Waals surface area contributed by atoms with Gasteiger partial charge < -0.3 is 9.58 Å². The highest BCUT2D eigenvalue weighted by atomic mass is 32.1. The van der Waals surface area contributed by atoms with Crippen LogP contribution in [0.5, 0.6) is 11.5 Å². The van der Waals surface area contributed by atoms with Gasteiger partial charge in [0.25, 0.3) is 5.69 Å². The highest BCUT2D eigenvalue weighted by Gasteiger charge is 2.32. The quantitative estimate of drug-likeness (QED) is 0.261. The van der Waals surface area contributed by atoms with Gasteiger partial charge in [0.1, 0.15) is 17.5 Å². The zero-order valence-corrected chi connectivity index (χ0v) is 17.3. The van der Waals surface area contributed by atoms with Gasteiger partial charge in [-0.05, 0) is 30.0 Å². The minimum absolute atomic E-state index is 0.390. The molecule has 1 aliphatic rings. The Labute approximate surface area is 168 Å². The van der Waals surface area contributed by atoms with Crippen molar-refractivity contribution in [3.63, 3.8) is 0 Å². The normalized spacial score (nSPS) is 12.7. The van der Waals surface area contributed by atoms with Crippen LogP contribution in [0.25, 0.3) is 37.0 Å². The van der Waals surface area contributed by atoms with Crippen molar-refractivity contribution in [2.45, 2.75) is 32.7 Å². The van der Waals surface area contributed by atoms with E-state index >= 15 is 0 Å². The molecule has 0 fully saturated rings. The van der Waals surface area contributed by atoms with E-state index in [0.29, 0.717) is 0 Å². The van der Waals surface area contributed by atoms with Gasteiger partial charge in [0, 0.05) is 29.5 Å². The summed E-state index contributed by atoms with van der Waals surface area (Å²) < 4.78 is 9.88. The molecule has 4 heteroatoms. The first-order chi connectivity index (χ1) is 13.4. The minimum atomic E-state index is -0.390. The van der Waals surface area contributed by atoms with E-state index in [9.17, 15) is 0 Å². The molecule has 0 atom stereocenters. The Kier molecular flexibility index (Phi) is 3.56. The van der Waals surface area contributed by atoms with Crippen LogP contribution in [-0.2, 0) is 13.5 Å². The number of hydrogen-bond donors (Lipinski definition) is 0. The molecule has 0 aliphatic carbocycles. The Bertz CT molecular complexity index is 1320. The summed E-state index contributed by atoms with van der Waals surface area (Å²) in [7, 11) is 2.09. The maximum atomic E-state index is 7.44. The van der Waals surface area contributed by atoms with Crippen molar-refractivity contribution in [1.82, 2.24) is 0 Å². The largest absolute Gasteiger partial charge is 0.449 e. The average molecular weight is 386 g/mol. The van der Waals surface area contributed by atoms with Crippen molar-refractivity contribution in [2.75, 3.05) is 0 Å². The number of nitrogens with zero attached hydrogens (tertiary/aromatic N) is 2. The standard InChI is InChI=1S/C24H21N2OS/c1-14-9-10-15-7-6-8-18-21(15)20(14)22-23(27-18)17-11-16(12-24(2,3)25-4)28-19(17)13-26(22)5/h6-11,13H,12H2,1-3,5H3/q+1. The summed E-state index contributed by atoms with van der Waals surface area (Å²) in [6.07, 6.45) is 2.95. The van der Waals surface area contributed by atoms with E-state index in [-0.39, 0.29) is 0 Å². The van der Waals surface area contributed by atoms with Crippen LogP contribution in [0.4, 0.5) is 0 Å². The predicted octanol–water partition coefficient (Wildman–Crippen LogP) is 6.20. The highest BCUT2D eigenvalue weighted by molar-refractivity contribution is 7.19. The highest BCUT2D eigenvalue weighted by Crippen LogP contribution is 2.49. The summed E-state index contributed by atoms with van der Waals surface area (Å²) in [4.78, 5) is 5.00. The van der Waals surface area contributed by atoms with Crippen LogP contribution in [0, 0.1) is 13.5 Å². The first-order valence-corrected chi connectivity index (χ1v) is 10.2. The van der Waals surface area contributed by atoms with Crippen molar-refractivity contribution < 1.29 is 9.30 Å². The van der Waals surface area contributed by atoms with E-state index in [0.717, 1.165) is 29.0 Å². The third kappa shape index (κ3) is 2.43. The third-order valence-corrected chi connectivity index (χ3v) is 6.58. The summed E-state index contributed by atoms with van der Waals surface area (Å²) >= 11 is 1.76. The van der Waals surface area contributed by atoms with Gasteiger partial charge >= 0.3 is 0 Å². The zero-order chi connectivity index (χ0) is 19.6. The molecule has 5 rings (SSSR count). The molecule has 0 spiro atoms. The molecule has 0 saturated carbocycles. The van der Waals surface area contributed by atoms with Gasteiger partial charge in [-0.1, -0.05) is 24.3 Å². The number of aryl methyl sites for hydroxylation is 2. The topological polar surface area (TPSA) is 17.5 Å². The molecular formula is C24H21N2OS+. The third-order valence-electron chi connectivity index (χ3n) is 5.51. The molecule has 0 unspecified atom stereocenters. The number of rotatable bonds is 2. The molecule has 2 aromatic carbocycles. The van der Waals surface area contributed by atoms with Crippen LogP contribution in [0.1, 0.15) is 24.3 Å². The van der Waals surface area contributed by atoms with Crippen molar-refractivity contribution >= 4 is 32.2 Å². The van der Waals surface area contributed by atoms with Crippen LogP contribution in [0.3, 0.4) is 0 Å². The first kappa shape index (κ1) is 17.2. The lowest BCUT2D eigenvalue weighted by molar-refractivity contribution is -0.659. The summed E-state index contributed by atoms with van der Waals surface area (Å²) in [5.41, 5.74) is 3.25. The zero-order valence-electron chi connectivity index (χ0n) is 16.5. The van der Waals surface area contributed by atoms with Gasteiger partial charge in [0.2, 0.25) is 11.3 Å². The number of ether oxygens (including phenoxy) is 1. The van der Waals surface area contributed by atoms with E-state index in [4.69, 9.17) is 11.3 Å². The molecule has 3 nitrogen and oxygen atoms in total. The maximum absolute atomic E-state index is 7.44. The second-order valence-electron chi connectivity index (χ2n) is 8.22. The Morgan fingerprint density at radius 2 is 2.04 bits per heavy atom. The monoisotopic (exact) mass is 385 g/mol. The molecule has 0 bridgehead atoms. The maximum Gasteiger partial charge on any atom is 0.257 e. The smallest absolute Gasteiger partial charge is 0.257 e. The summed E-state index contributed by atoms with van der Waals surface area (Å²) in [5, 5.41) is 3.53. The lowest BCUT2D eigenvalue weighted by Gasteiger charge is -2.21. The van der Waals surface area contributed by atoms with Crippen LogP contribution in [0.2, 0.25) is 0 Å². The van der Waals surface area contributed by atoms with Gasteiger partial charge in [-0.3, -0.25) is 0 Å². The van der Waals surface area contributed by atoms with Crippen LogP contribution >= 0.6 is 11.3 Å². The number of benzene rings is 2. The fourth-order valence-corrected chi connectivity index (χ4v) is 5.51. The molecule has 1 aliphatic heterocycles. The second kappa shape index (κ2) is 5.80. The molecule has 4 aromatic rings. The first-order valence-electron chi connectivity index (χ1n) is 9.42. The summed E-state index contributed by atoms with van der Waals surface area (Å²) in [5.74, 6) is 1.85. The van der Waals surface area contributed by atoms with E-state index in [2.05, 4.69) is 66.0 Å². The number of thiophene rings is 1. The van der Waals surface area contributed by atoms with Gasteiger partial charge in [0.15, 0.2) is 6.20 Å². The lowest BCUT2D eigenvalue weighted by atomic mass is 9.93. The molecule has 0 radical (unpaired) electrons. The molecule has 2 aromatic heterocycles. The number of fused-ring (bicyclic) bond motifs is 4. The van der Waals surface area contributed by atoms with E-state index < -0.39 is 5.54 Å². The van der Waals surface area contributed by atoms with Crippen molar-refractivity contribution in [2.24, 2.45) is 7.05 Å². The van der Waals surface area contributed by atoms with Gasteiger partial charge in [-0.25, -0.2) is 6.57 Å². The van der Waals surface area contributed by atoms with Crippen molar-refractivity contribution in [1.29, 1.82) is 0 Å². The van der Waals surface area contributed by atoms with Crippen LogP contribution in [0.15, 0.2) is 42.6 Å². The van der Waals surface area contributed by atoms with E-state index in [1.807, 2.05) is 13.8 Å².